The van der Waals surface area contributed by atoms with Crippen LogP contribution in [0.3, 0.4) is 0 Å². The van der Waals surface area contributed by atoms with Crippen molar-refractivity contribution in [3.05, 3.63) is 60.8 Å². The van der Waals surface area contributed by atoms with Crippen molar-refractivity contribution in [3.63, 3.8) is 0 Å². The van der Waals surface area contributed by atoms with E-state index in [0.29, 0.717) is 12.8 Å². The van der Waals surface area contributed by atoms with E-state index in [-0.39, 0.29) is 6.42 Å². The lowest BCUT2D eigenvalue weighted by molar-refractivity contribution is -0.130. The van der Waals surface area contributed by atoms with Crippen LogP contribution in [0, 0.1) is 0 Å². The van der Waals surface area contributed by atoms with E-state index >= 15 is 0 Å². The minimum atomic E-state index is -4.47. The lowest BCUT2D eigenvalue weighted by Crippen LogP contribution is -2.50. The Bertz CT molecular complexity index is 985. The molecule has 8 heteroatoms. The Hall–Kier alpha value is -2.00. The van der Waals surface area contributed by atoms with Gasteiger partial charge in [-0.15, -0.1) is 0 Å². The molecule has 3 atom stereocenters. The van der Waals surface area contributed by atoms with Gasteiger partial charge in [0.25, 0.3) is 10.1 Å². The number of nitrogens with one attached hydrogen (secondary N) is 1. The molecule has 0 aromatic carbocycles. The summed E-state index contributed by atoms with van der Waals surface area (Å²) in [6, 6.07) is -1.29. The molecule has 0 fully saturated rings. The summed E-state index contributed by atoms with van der Waals surface area (Å²) in [6.07, 6.45) is 41.6. The maximum atomic E-state index is 12.5. The summed E-state index contributed by atoms with van der Waals surface area (Å²) in [5, 5.41) is 23.1. The Balaban J connectivity index is 4.29. The van der Waals surface area contributed by atoms with Gasteiger partial charge >= 0.3 is 0 Å². The normalized spacial score (nSPS) is 14.7. The number of carbonyl (C=O) groups is 1. The van der Waals surface area contributed by atoms with Gasteiger partial charge in [-0.3, -0.25) is 9.35 Å². The average Bonchev–Trinajstić information content (AvgIpc) is 3.03. The smallest absolute Gasteiger partial charge is 0.267 e. The highest BCUT2D eigenvalue weighted by Gasteiger charge is 2.27. The largest absolute Gasteiger partial charge is 0.387 e. The quantitative estimate of drug-likeness (QED) is 0.0319. The first kappa shape index (κ1) is 45.0. The first-order valence-electron chi connectivity index (χ1n) is 18.6. The molecule has 3 unspecified atom stereocenters. The van der Waals surface area contributed by atoms with E-state index in [1.165, 1.54) is 96.0 Å². The third-order valence-electron chi connectivity index (χ3n) is 8.01. The molecule has 0 aliphatic heterocycles. The molecule has 0 bridgehead atoms. The molecule has 0 aliphatic carbocycles. The molecule has 0 aromatic heterocycles. The van der Waals surface area contributed by atoms with Gasteiger partial charge in [0.15, 0.2) is 0 Å². The van der Waals surface area contributed by atoms with Crippen molar-refractivity contribution < 1.29 is 28.0 Å². The monoisotopic (exact) mass is 679 g/mol. The summed E-state index contributed by atoms with van der Waals surface area (Å²) < 4.78 is 32.4. The fourth-order valence-corrected chi connectivity index (χ4v) is 5.85. The first-order chi connectivity index (χ1) is 22.7. The van der Waals surface area contributed by atoms with Gasteiger partial charge in [-0.25, -0.2) is 0 Å². The maximum absolute atomic E-state index is 12.5. The molecule has 0 aromatic rings. The summed E-state index contributed by atoms with van der Waals surface area (Å²) in [7, 11) is -4.47. The number of aliphatic hydroxyl groups is 2. The molecule has 0 heterocycles. The Kier molecular flexibility index (Phi) is 31.2. The molecule has 0 saturated heterocycles. The van der Waals surface area contributed by atoms with Crippen LogP contribution in [0.5, 0.6) is 0 Å². The fraction of sp³-hybridized carbons (Fsp3) is 0.718. The fourth-order valence-electron chi connectivity index (χ4n) is 5.12. The van der Waals surface area contributed by atoms with Gasteiger partial charge in [0.05, 0.1) is 17.9 Å². The van der Waals surface area contributed by atoms with Gasteiger partial charge in [0.2, 0.25) is 5.91 Å². The van der Waals surface area contributed by atoms with E-state index < -0.39 is 40.0 Å². The van der Waals surface area contributed by atoms with E-state index in [1.54, 1.807) is 12.2 Å². The minimum absolute atomic E-state index is 0.0585. The van der Waals surface area contributed by atoms with Gasteiger partial charge in [0, 0.05) is 6.42 Å². The third kappa shape index (κ3) is 32.3. The lowest BCUT2D eigenvalue weighted by Gasteiger charge is -2.22. The number of carbonyl (C=O) groups excluding carboxylic acids is 1. The molecule has 1 amide bonds. The van der Waals surface area contributed by atoms with E-state index in [1.807, 2.05) is 6.08 Å². The molecule has 0 aliphatic rings. The predicted octanol–water partition coefficient (Wildman–Crippen LogP) is 9.48. The van der Waals surface area contributed by atoms with Crippen molar-refractivity contribution >= 4 is 16.0 Å². The van der Waals surface area contributed by atoms with Crippen LogP contribution in [0.4, 0.5) is 0 Å². The molecule has 0 saturated carbocycles. The van der Waals surface area contributed by atoms with E-state index in [0.717, 1.165) is 32.1 Å². The van der Waals surface area contributed by atoms with Crippen LogP contribution in [0.25, 0.3) is 0 Å². The number of hydrogen-bond acceptors (Lipinski definition) is 5. The summed E-state index contributed by atoms with van der Waals surface area (Å²) in [5.41, 5.74) is 0. The van der Waals surface area contributed by atoms with Gasteiger partial charge in [-0.1, -0.05) is 152 Å². The standard InChI is InChI=1S/C39H69NO6S/c1-3-5-7-9-11-13-15-17-18-19-20-21-22-24-25-27-29-31-33-37(41)36(35-47(44,45)46)40-39(43)38(42)34-32-30-28-26-23-16-14-12-10-8-6-4-2/h19-20,23-26,30-33,36-38,41-42H,3-18,21-22,27-29,34-35H2,1-2H3,(H,40,43)(H,44,45,46)/b20-19+,25-24+,26-23-,32-30-,33-31+. The zero-order valence-electron chi connectivity index (χ0n) is 29.7. The van der Waals surface area contributed by atoms with Crippen molar-refractivity contribution in [1.29, 1.82) is 0 Å². The Morgan fingerprint density at radius 1 is 0.596 bits per heavy atom. The summed E-state index contributed by atoms with van der Waals surface area (Å²) in [6.45, 7) is 4.46. The summed E-state index contributed by atoms with van der Waals surface area (Å²) in [5.74, 6) is -1.66. The number of unbranched alkanes of at least 4 members (excludes halogenated alkanes) is 16. The molecule has 47 heavy (non-hydrogen) atoms. The van der Waals surface area contributed by atoms with Gasteiger partial charge < -0.3 is 15.5 Å². The van der Waals surface area contributed by atoms with Crippen molar-refractivity contribution in [2.45, 2.75) is 173 Å². The average molecular weight is 680 g/mol. The molecule has 272 valence electrons. The van der Waals surface area contributed by atoms with Crippen molar-refractivity contribution in [3.8, 4) is 0 Å². The maximum Gasteiger partial charge on any atom is 0.267 e. The SMILES string of the molecule is CCCCCCCC/C=C\C/C=C\CC(O)C(=O)NC(CS(=O)(=O)O)C(O)/C=C/CC/C=C/CC/C=C/CCCCCCCCCC. The van der Waals surface area contributed by atoms with Gasteiger partial charge in [-0.2, -0.15) is 8.42 Å². The van der Waals surface area contributed by atoms with E-state index in [4.69, 9.17) is 0 Å². The molecular formula is C39H69NO6S. The van der Waals surface area contributed by atoms with Crippen molar-refractivity contribution in [2.75, 3.05) is 5.75 Å². The van der Waals surface area contributed by atoms with Crippen LogP contribution >= 0.6 is 0 Å². The zero-order valence-corrected chi connectivity index (χ0v) is 30.6. The molecule has 0 spiro atoms. The highest BCUT2D eigenvalue weighted by atomic mass is 32.2. The zero-order chi connectivity index (χ0) is 34.9. The number of rotatable bonds is 32. The minimum Gasteiger partial charge on any atom is -0.387 e. The molecule has 0 rings (SSSR count). The van der Waals surface area contributed by atoms with E-state index in [9.17, 15) is 28.0 Å². The van der Waals surface area contributed by atoms with Crippen LogP contribution in [0.2, 0.25) is 0 Å². The highest BCUT2D eigenvalue weighted by Crippen LogP contribution is 2.11. The Labute approximate surface area is 288 Å². The van der Waals surface area contributed by atoms with Crippen LogP contribution in [-0.2, 0) is 14.9 Å². The second kappa shape index (κ2) is 32.5. The molecule has 0 radical (unpaired) electrons. The summed E-state index contributed by atoms with van der Waals surface area (Å²) in [4.78, 5) is 12.5. The van der Waals surface area contributed by atoms with Crippen LogP contribution in [0.1, 0.15) is 155 Å². The number of aliphatic hydroxyl groups excluding tert-OH is 2. The van der Waals surface area contributed by atoms with Gasteiger partial charge in [-0.05, 0) is 57.8 Å². The van der Waals surface area contributed by atoms with Crippen LogP contribution in [-0.4, -0.2) is 53.1 Å². The third-order valence-corrected chi connectivity index (χ3v) is 8.79. The number of amides is 1. The van der Waals surface area contributed by atoms with Gasteiger partial charge in [0.1, 0.15) is 6.10 Å². The van der Waals surface area contributed by atoms with Crippen molar-refractivity contribution in [2.24, 2.45) is 0 Å². The lowest BCUT2D eigenvalue weighted by atomic mass is 10.1. The second-order valence-electron chi connectivity index (χ2n) is 12.6. The van der Waals surface area contributed by atoms with E-state index in [2.05, 4.69) is 55.6 Å². The highest BCUT2D eigenvalue weighted by molar-refractivity contribution is 7.85. The Morgan fingerprint density at radius 3 is 1.53 bits per heavy atom. The topological polar surface area (TPSA) is 124 Å². The number of allylic oxidation sites excluding steroid dienone is 8. The molecule has 7 nitrogen and oxygen atoms in total. The molecular weight excluding hydrogens is 610 g/mol. The van der Waals surface area contributed by atoms with Crippen molar-refractivity contribution in [1.82, 2.24) is 5.32 Å². The molecule has 4 N–H and O–H groups in total. The van der Waals surface area contributed by atoms with Crippen LogP contribution < -0.4 is 5.32 Å². The second-order valence-corrected chi connectivity index (χ2v) is 14.1. The summed E-state index contributed by atoms with van der Waals surface area (Å²) >= 11 is 0. The van der Waals surface area contributed by atoms with Crippen LogP contribution in [0.15, 0.2) is 60.8 Å². The number of hydrogen-bond donors (Lipinski definition) is 4. The predicted molar refractivity (Wildman–Crippen MR) is 199 cm³/mol. The Morgan fingerprint density at radius 2 is 1.02 bits per heavy atom. The first-order valence-corrected chi connectivity index (χ1v) is 20.2.